The number of nitrogens with zero attached hydrogens (tertiary/aromatic N) is 1. The Morgan fingerprint density at radius 2 is 2.00 bits per heavy atom. The van der Waals surface area contributed by atoms with Crippen molar-refractivity contribution in [3.8, 4) is 5.75 Å². The maximum atomic E-state index is 12.1. The Hall–Kier alpha value is -2.46. The minimum Gasteiger partial charge on any atom is -0.465 e. The van der Waals surface area contributed by atoms with Gasteiger partial charge in [0.25, 0.3) is 0 Å². The number of esters is 2. The lowest BCUT2D eigenvalue weighted by Gasteiger charge is -2.15. The molecule has 1 aromatic carbocycles. The normalized spacial score (nSPS) is 11.2. The van der Waals surface area contributed by atoms with Crippen molar-refractivity contribution in [2.75, 3.05) is 12.4 Å². The lowest BCUT2D eigenvalue weighted by atomic mass is 10.2. The summed E-state index contributed by atoms with van der Waals surface area (Å²) in [5.74, 6) is -2.23. The SMILES string of the molecule is CCOC(=O)C(CSN=O)NOC(=O)c1ccccc1OC(C)=O. The predicted octanol–water partition coefficient (Wildman–Crippen LogP) is 1.62. The standard InChI is InChI=1S/C14H16N2O7S/c1-3-21-14(19)11(8-24-16-20)15-23-13(18)10-6-4-5-7-12(10)22-9(2)17/h4-7,11,15H,3,8H2,1-2H3. The highest BCUT2D eigenvalue weighted by atomic mass is 32.2. The Morgan fingerprint density at radius 3 is 2.62 bits per heavy atom. The van der Waals surface area contributed by atoms with Crippen molar-refractivity contribution >= 4 is 29.9 Å². The van der Waals surface area contributed by atoms with Crippen molar-refractivity contribution in [1.82, 2.24) is 5.48 Å². The fourth-order valence-corrected chi connectivity index (χ4v) is 1.97. The third-order valence-corrected chi connectivity index (χ3v) is 3.11. The topological polar surface area (TPSA) is 120 Å². The monoisotopic (exact) mass is 356 g/mol. The summed E-state index contributed by atoms with van der Waals surface area (Å²) in [7, 11) is 0. The molecule has 1 aromatic rings. The summed E-state index contributed by atoms with van der Waals surface area (Å²) >= 11 is 0.575. The highest BCUT2D eigenvalue weighted by Gasteiger charge is 2.23. The lowest BCUT2D eigenvalue weighted by molar-refractivity contribution is -0.147. The summed E-state index contributed by atoms with van der Waals surface area (Å²) in [6, 6.07) is 4.88. The van der Waals surface area contributed by atoms with E-state index in [1.54, 1.807) is 19.1 Å². The third-order valence-electron chi connectivity index (χ3n) is 2.52. The van der Waals surface area contributed by atoms with Crippen LogP contribution in [0.2, 0.25) is 0 Å². The Balaban J connectivity index is 2.76. The van der Waals surface area contributed by atoms with Crippen LogP contribution in [0.15, 0.2) is 28.8 Å². The van der Waals surface area contributed by atoms with E-state index in [0.717, 1.165) is 0 Å². The number of rotatable bonds is 9. The van der Waals surface area contributed by atoms with Crippen LogP contribution in [0.3, 0.4) is 0 Å². The molecule has 0 aliphatic heterocycles. The van der Waals surface area contributed by atoms with Gasteiger partial charge in [-0.05, 0) is 19.1 Å². The molecule has 0 aliphatic rings. The van der Waals surface area contributed by atoms with Gasteiger partial charge < -0.3 is 14.3 Å². The predicted molar refractivity (Wildman–Crippen MR) is 85.0 cm³/mol. The van der Waals surface area contributed by atoms with Gasteiger partial charge in [-0.3, -0.25) is 9.59 Å². The molecule has 1 rings (SSSR count). The largest absolute Gasteiger partial charge is 0.465 e. The van der Waals surface area contributed by atoms with Crippen LogP contribution >= 0.6 is 11.9 Å². The van der Waals surface area contributed by atoms with Gasteiger partial charge in [0.1, 0.15) is 11.3 Å². The third kappa shape index (κ3) is 6.34. The molecule has 0 bridgehead atoms. The smallest absolute Gasteiger partial charge is 0.360 e. The van der Waals surface area contributed by atoms with E-state index in [4.69, 9.17) is 14.3 Å². The van der Waals surface area contributed by atoms with Gasteiger partial charge in [0, 0.05) is 29.2 Å². The van der Waals surface area contributed by atoms with E-state index in [1.165, 1.54) is 19.1 Å². The number of hydrogen-bond donors (Lipinski definition) is 1. The molecule has 0 aromatic heterocycles. The minimum atomic E-state index is -1.07. The summed E-state index contributed by atoms with van der Waals surface area (Å²) in [4.78, 5) is 49.8. The summed E-state index contributed by atoms with van der Waals surface area (Å²) in [5.41, 5.74) is 2.22. The van der Waals surface area contributed by atoms with E-state index in [2.05, 4.69) is 10.1 Å². The van der Waals surface area contributed by atoms with Gasteiger partial charge in [-0.15, -0.1) is 10.4 Å². The van der Waals surface area contributed by atoms with Crippen molar-refractivity contribution in [3.05, 3.63) is 34.7 Å². The molecule has 0 heterocycles. The zero-order valence-corrected chi connectivity index (χ0v) is 13.8. The molecule has 0 aliphatic carbocycles. The van der Waals surface area contributed by atoms with Gasteiger partial charge in [0.15, 0.2) is 6.04 Å². The summed E-state index contributed by atoms with van der Waals surface area (Å²) < 4.78 is 12.3. The second-order valence-corrected chi connectivity index (χ2v) is 5.01. The van der Waals surface area contributed by atoms with Crippen LogP contribution < -0.4 is 10.2 Å². The Morgan fingerprint density at radius 1 is 1.29 bits per heavy atom. The highest BCUT2D eigenvalue weighted by Crippen LogP contribution is 2.19. The quantitative estimate of drug-likeness (QED) is 0.231. The first-order valence-corrected chi connectivity index (χ1v) is 7.79. The van der Waals surface area contributed by atoms with E-state index in [0.29, 0.717) is 11.9 Å². The molecule has 130 valence electrons. The van der Waals surface area contributed by atoms with E-state index in [9.17, 15) is 19.3 Å². The average molecular weight is 356 g/mol. The molecule has 24 heavy (non-hydrogen) atoms. The molecule has 1 atom stereocenters. The van der Waals surface area contributed by atoms with Crippen LogP contribution in [0.25, 0.3) is 0 Å². The maximum Gasteiger partial charge on any atom is 0.360 e. The fraction of sp³-hybridized carbons (Fsp3) is 0.357. The Kier molecular flexibility index (Phi) is 8.44. The molecule has 0 saturated carbocycles. The number of nitroso groups, excluding NO2 is 1. The van der Waals surface area contributed by atoms with Gasteiger partial charge in [0.05, 0.1) is 6.61 Å². The molecular formula is C14H16N2O7S. The number of carbonyl (C=O) groups excluding carboxylic acids is 3. The first-order chi connectivity index (χ1) is 11.5. The van der Waals surface area contributed by atoms with Crippen LogP contribution in [0.5, 0.6) is 5.75 Å². The molecule has 1 unspecified atom stereocenters. The molecule has 0 spiro atoms. The fourth-order valence-electron chi connectivity index (χ4n) is 1.56. The summed E-state index contributed by atoms with van der Waals surface area (Å²) in [6.07, 6.45) is 0. The van der Waals surface area contributed by atoms with Crippen LogP contribution in [0.1, 0.15) is 24.2 Å². The van der Waals surface area contributed by atoms with Crippen molar-refractivity contribution in [3.63, 3.8) is 0 Å². The van der Waals surface area contributed by atoms with Gasteiger partial charge in [0.2, 0.25) is 0 Å². The highest BCUT2D eigenvalue weighted by molar-refractivity contribution is 7.97. The van der Waals surface area contributed by atoms with Crippen LogP contribution in [-0.4, -0.2) is 36.3 Å². The Labute approximate surface area is 142 Å². The molecule has 0 fully saturated rings. The number of ether oxygens (including phenoxy) is 2. The summed E-state index contributed by atoms with van der Waals surface area (Å²) in [5, 5.41) is 0. The number of nitrogens with one attached hydrogen (secondary N) is 1. The minimum absolute atomic E-state index is 0.0102. The number of para-hydroxylation sites is 1. The number of hydrogen-bond acceptors (Lipinski definition) is 10. The van der Waals surface area contributed by atoms with E-state index in [-0.39, 0.29) is 23.7 Å². The zero-order chi connectivity index (χ0) is 17.9. The van der Waals surface area contributed by atoms with E-state index < -0.39 is 23.9 Å². The van der Waals surface area contributed by atoms with Gasteiger partial charge in [-0.1, -0.05) is 12.1 Å². The van der Waals surface area contributed by atoms with Crippen LogP contribution in [-0.2, 0) is 19.2 Å². The van der Waals surface area contributed by atoms with Gasteiger partial charge in [-0.2, -0.15) is 0 Å². The average Bonchev–Trinajstić information content (AvgIpc) is 2.54. The maximum absolute atomic E-state index is 12.1. The summed E-state index contributed by atoms with van der Waals surface area (Å²) in [6.45, 7) is 2.93. The molecule has 0 saturated heterocycles. The van der Waals surface area contributed by atoms with Crippen molar-refractivity contribution in [1.29, 1.82) is 0 Å². The first kappa shape index (κ1) is 19.6. The van der Waals surface area contributed by atoms with Crippen molar-refractivity contribution < 1.29 is 28.7 Å². The van der Waals surface area contributed by atoms with Gasteiger partial charge in [-0.25, -0.2) is 4.79 Å². The Bertz CT molecular complexity index is 609. The molecule has 0 radical (unpaired) electrons. The number of carbonyl (C=O) groups is 3. The second-order valence-electron chi connectivity index (χ2n) is 4.27. The zero-order valence-electron chi connectivity index (χ0n) is 13.0. The van der Waals surface area contributed by atoms with E-state index in [1.807, 2.05) is 0 Å². The van der Waals surface area contributed by atoms with Crippen LogP contribution in [0.4, 0.5) is 0 Å². The molecule has 9 nitrogen and oxygen atoms in total. The first-order valence-electron chi connectivity index (χ1n) is 6.85. The number of benzene rings is 1. The molecule has 1 N–H and O–H groups in total. The van der Waals surface area contributed by atoms with E-state index >= 15 is 0 Å². The van der Waals surface area contributed by atoms with Gasteiger partial charge >= 0.3 is 17.9 Å². The lowest BCUT2D eigenvalue weighted by Crippen LogP contribution is -2.41. The molecule has 10 heteroatoms. The van der Waals surface area contributed by atoms with Crippen molar-refractivity contribution in [2.24, 2.45) is 4.58 Å². The number of hydroxylamine groups is 1. The molecular weight excluding hydrogens is 340 g/mol. The van der Waals surface area contributed by atoms with Crippen molar-refractivity contribution in [2.45, 2.75) is 19.9 Å². The van der Waals surface area contributed by atoms with Crippen LogP contribution in [0, 0.1) is 4.91 Å². The molecule has 0 amide bonds. The second kappa shape index (κ2) is 10.3.